The molecule has 0 saturated carbocycles. The van der Waals surface area contributed by atoms with Crippen LogP contribution < -0.4 is 5.32 Å². The Bertz CT molecular complexity index is 598. The van der Waals surface area contributed by atoms with E-state index in [9.17, 15) is 4.39 Å². The highest BCUT2D eigenvalue weighted by Gasteiger charge is 2.13. The van der Waals surface area contributed by atoms with Crippen LogP contribution in [-0.4, -0.2) is 12.6 Å². The van der Waals surface area contributed by atoms with Crippen molar-refractivity contribution in [1.29, 1.82) is 0 Å². The predicted octanol–water partition coefficient (Wildman–Crippen LogP) is 4.66. The summed E-state index contributed by atoms with van der Waals surface area (Å²) in [6, 6.07) is 13.7. The van der Waals surface area contributed by atoms with E-state index in [4.69, 9.17) is 0 Å². The Hall–Kier alpha value is -1.19. The summed E-state index contributed by atoms with van der Waals surface area (Å²) in [6.45, 7) is 5.01. The molecule has 2 aromatic rings. The van der Waals surface area contributed by atoms with E-state index in [-0.39, 0.29) is 5.82 Å². The first-order chi connectivity index (χ1) is 10.1. The SMILES string of the molecule is CCNC(Cc1ccc(F)cc1C)Cc1ccccc1Br. The van der Waals surface area contributed by atoms with E-state index in [0.717, 1.165) is 29.4 Å². The van der Waals surface area contributed by atoms with Crippen LogP contribution in [0, 0.1) is 12.7 Å². The molecule has 1 N–H and O–H groups in total. The number of benzene rings is 2. The Morgan fingerprint density at radius 1 is 1.10 bits per heavy atom. The highest BCUT2D eigenvalue weighted by atomic mass is 79.9. The monoisotopic (exact) mass is 349 g/mol. The molecular formula is C18H21BrFN. The molecule has 0 spiro atoms. The molecule has 1 unspecified atom stereocenters. The third-order valence-corrected chi connectivity index (χ3v) is 4.46. The normalized spacial score (nSPS) is 12.4. The fourth-order valence-electron chi connectivity index (χ4n) is 2.59. The molecule has 0 bridgehead atoms. The molecule has 0 aliphatic carbocycles. The molecule has 1 nitrogen and oxygen atoms in total. The van der Waals surface area contributed by atoms with Crippen molar-refractivity contribution < 1.29 is 4.39 Å². The lowest BCUT2D eigenvalue weighted by atomic mass is 9.96. The second-order valence-electron chi connectivity index (χ2n) is 5.33. The van der Waals surface area contributed by atoms with Gasteiger partial charge in [0.1, 0.15) is 5.82 Å². The maximum Gasteiger partial charge on any atom is 0.123 e. The maximum absolute atomic E-state index is 13.2. The van der Waals surface area contributed by atoms with E-state index >= 15 is 0 Å². The summed E-state index contributed by atoms with van der Waals surface area (Å²) in [5, 5.41) is 3.53. The minimum Gasteiger partial charge on any atom is -0.314 e. The number of rotatable bonds is 6. The lowest BCUT2D eigenvalue weighted by molar-refractivity contribution is 0.519. The fourth-order valence-corrected chi connectivity index (χ4v) is 3.04. The van der Waals surface area contributed by atoms with Crippen molar-refractivity contribution in [3.8, 4) is 0 Å². The molecule has 3 heteroatoms. The Kier molecular flexibility index (Phi) is 5.95. The van der Waals surface area contributed by atoms with Gasteiger partial charge in [0.2, 0.25) is 0 Å². The number of hydrogen-bond acceptors (Lipinski definition) is 1. The summed E-state index contributed by atoms with van der Waals surface area (Å²) >= 11 is 3.61. The van der Waals surface area contributed by atoms with E-state index in [0.29, 0.717) is 6.04 Å². The average Bonchev–Trinajstić information content (AvgIpc) is 2.44. The van der Waals surface area contributed by atoms with E-state index in [1.807, 2.05) is 19.1 Å². The van der Waals surface area contributed by atoms with Crippen molar-refractivity contribution >= 4 is 15.9 Å². The van der Waals surface area contributed by atoms with Crippen LogP contribution in [0.25, 0.3) is 0 Å². The van der Waals surface area contributed by atoms with Crippen LogP contribution in [0.4, 0.5) is 4.39 Å². The van der Waals surface area contributed by atoms with Gasteiger partial charge in [0.25, 0.3) is 0 Å². The number of likely N-dealkylation sites (N-methyl/N-ethyl adjacent to an activating group) is 1. The summed E-state index contributed by atoms with van der Waals surface area (Å²) < 4.78 is 14.4. The van der Waals surface area contributed by atoms with Gasteiger partial charge >= 0.3 is 0 Å². The van der Waals surface area contributed by atoms with E-state index in [1.54, 1.807) is 12.1 Å². The molecule has 1 atom stereocenters. The van der Waals surface area contributed by atoms with Gasteiger partial charge in [-0.2, -0.15) is 0 Å². The molecule has 0 saturated heterocycles. The third-order valence-electron chi connectivity index (χ3n) is 3.69. The number of halogens is 2. The molecule has 21 heavy (non-hydrogen) atoms. The van der Waals surface area contributed by atoms with Gasteiger partial charge in [-0.25, -0.2) is 4.39 Å². The molecule has 2 rings (SSSR count). The summed E-state index contributed by atoms with van der Waals surface area (Å²) in [5.74, 6) is -0.165. The van der Waals surface area contributed by atoms with Gasteiger partial charge in [-0.05, 0) is 61.2 Å². The second kappa shape index (κ2) is 7.71. The van der Waals surface area contributed by atoms with Crippen molar-refractivity contribution in [2.45, 2.75) is 32.7 Å². The number of aryl methyl sites for hydroxylation is 1. The van der Waals surface area contributed by atoms with Gasteiger partial charge in [0.05, 0.1) is 0 Å². The van der Waals surface area contributed by atoms with Crippen LogP contribution in [0.3, 0.4) is 0 Å². The lowest BCUT2D eigenvalue weighted by Crippen LogP contribution is -2.33. The third kappa shape index (κ3) is 4.65. The standard InChI is InChI=1S/C18H21BrFN/c1-3-21-17(12-15-6-4-5-7-18(15)19)11-14-8-9-16(20)10-13(14)2/h4-10,17,21H,3,11-12H2,1-2H3. The van der Waals surface area contributed by atoms with Gasteiger partial charge in [-0.3, -0.25) is 0 Å². The van der Waals surface area contributed by atoms with Gasteiger partial charge in [0.15, 0.2) is 0 Å². The molecular weight excluding hydrogens is 329 g/mol. The molecule has 0 radical (unpaired) electrons. The smallest absolute Gasteiger partial charge is 0.123 e. The van der Waals surface area contributed by atoms with Gasteiger partial charge in [-0.15, -0.1) is 0 Å². The highest BCUT2D eigenvalue weighted by Crippen LogP contribution is 2.20. The Morgan fingerprint density at radius 2 is 1.81 bits per heavy atom. The Labute approximate surface area is 134 Å². The highest BCUT2D eigenvalue weighted by molar-refractivity contribution is 9.10. The predicted molar refractivity (Wildman–Crippen MR) is 90.2 cm³/mol. The van der Waals surface area contributed by atoms with Crippen molar-refractivity contribution in [2.75, 3.05) is 6.54 Å². The minimum atomic E-state index is -0.165. The summed E-state index contributed by atoms with van der Waals surface area (Å²) in [7, 11) is 0. The van der Waals surface area contributed by atoms with Crippen LogP contribution in [-0.2, 0) is 12.8 Å². The zero-order valence-electron chi connectivity index (χ0n) is 12.5. The van der Waals surface area contributed by atoms with Crippen LogP contribution in [0.5, 0.6) is 0 Å². The van der Waals surface area contributed by atoms with E-state index < -0.39 is 0 Å². The molecule has 0 fully saturated rings. The zero-order chi connectivity index (χ0) is 15.2. The van der Waals surface area contributed by atoms with Gasteiger partial charge in [0, 0.05) is 10.5 Å². The summed E-state index contributed by atoms with van der Waals surface area (Å²) in [6.07, 6.45) is 1.85. The Balaban J connectivity index is 2.14. The lowest BCUT2D eigenvalue weighted by Gasteiger charge is -2.20. The van der Waals surface area contributed by atoms with Gasteiger partial charge in [-0.1, -0.05) is 47.1 Å². The molecule has 0 aliphatic heterocycles. The van der Waals surface area contributed by atoms with Crippen molar-refractivity contribution in [1.82, 2.24) is 5.32 Å². The van der Waals surface area contributed by atoms with E-state index in [1.165, 1.54) is 11.1 Å². The zero-order valence-corrected chi connectivity index (χ0v) is 14.1. The average molecular weight is 350 g/mol. The van der Waals surface area contributed by atoms with Crippen LogP contribution in [0.1, 0.15) is 23.6 Å². The van der Waals surface area contributed by atoms with Gasteiger partial charge < -0.3 is 5.32 Å². The van der Waals surface area contributed by atoms with Crippen LogP contribution >= 0.6 is 15.9 Å². The topological polar surface area (TPSA) is 12.0 Å². The molecule has 0 aromatic heterocycles. The summed E-state index contributed by atoms with van der Waals surface area (Å²) in [5.41, 5.74) is 3.52. The second-order valence-corrected chi connectivity index (χ2v) is 6.18. The van der Waals surface area contributed by atoms with Crippen molar-refractivity contribution in [2.24, 2.45) is 0 Å². The molecule has 0 heterocycles. The minimum absolute atomic E-state index is 0.165. The van der Waals surface area contributed by atoms with E-state index in [2.05, 4.69) is 46.4 Å². The molecule has 2 aromatic carbocycles. The number of nitrogens with one attached hydrogen (secondary N) is 1. The first-order valence-electron chi connectivity index (χ1n) is 7.32. The van der Waals surface area contributed by atoms with Crippen LogP contribution in [0.15, 0.2) is 46.9 Å². The molecule has 112 valence electrons. The van der Waals surface area contributed by atoms with Crippen molar-refractivity contribution in [3.63, 3.8) is 0 Å². The van der Waals surface area contributed by atoms with Crippen molar-refractivity contribution in [3.05, 3.63) is 69.4 Å². The maximum atomic E-state index is 13.2. The fraction of sp³-hybridized carbons (Fsp3) is 0.333. The first kappa shape index (κ1) is 16.2. The van der Waals surface area contributed by atoms with Crippen LogP contribution in [0.2, 0.25) is 0 Å². The molecule has 0 amide bonds. The first-order valence-corrected chi connectivity index (χ1v) is 8.11. The Morgan fingerprint density at radius 3 is 2.48 bits per heavy atom. The number of hydrogen-bond donors (Lipinski definition) is 1. The largest absolute Gasteiger partial charge is 0.314 e. The summed E-state index contributed by atoms with van der Waals surface area (Å²) in [4.78, 5) is 0. The quantitative estimate of drug-likeness (QED) is 0.799. The molecule has 0 aliphatic rings.